The lowest BCUT2D eigenvalue weighted by molar-refractivity contribution is 0.311. The van der Waals surface area contributed by atoms with Crippen molar-refractivity contribution in [3.05, 3.63) is 28.2 Å². The molecular formula is C15H20BrN3. The third kappa shape index (κ3) is 3.29. The van der Waals surface area contributed by atoms with Crippen LogP contribution < -0.4 is 10.2 Å². The normalized spacial score (nSPS) is 22.1. The van der Waals surface area contributed by atoms with Crippen LogP contribution in [0.15, 0.2) is 22.7 Å². The van der Waals surface area contributed by atoms with Crippen molar-refractivity contribution in [1.82, 2.24) is 5.32 Å². The number of halogens is 1. The van der Waals surface area contributed by atoms with Crippen molar-refractivity contribution < 1.29 is 0 Å². The van der Waals surface area contributed by atoms with E-state index in [1.807, 2.05) is 0 Å². The summed E-state index contributed by atoms with van der Waals surface area (Å²) in [4.78, 5) is 2.35. The summed E-state index contributed by atoms with van der Waals surface area (Å²) in [5.74, 6) is 0. The number of piperazine rings is 1. The number of aryl methyl sites for hydroxylation is 1. The Bertz CT molecular complexity index is 505. The Labute approximate surface area is 123 Å². The molecule has 1 aromatic carbocycles. The van der Waals surface area contributed by atoms with Crippen LogP contribution in [-0.2, 0) is 0 Å². The number of hydrogen-bond donors (Lipinski definition) is 1. The zero-order chi connectivity index (χ0) is 14.0. The first-order chi connectivity index (χ1) is 8.93. The number of hydrogen-bond acceptors (Lipinski definition) is 3. The third-order valence-electron chi connectivity index (χ3n) is 3.56. The molecule has 0 aliphatic carbocycles. The highest BCUT2D eigenvalue weighted by Gasteiger charge is 2.33. The summed E-state index contributed by atoms with van der Waals surface area (Å²) < 4.78 is 1.10. The van der Waals surface area contributed by atoms with Crippen LogP contribution in [0.1, 0.15) is 25.8 Å². The summed E-state index contributed by atoms with van der Waals surface area (Å²) in [5, 5.41) is 12.5. The first-order valence-corrected chi connectivity index (χ1v) is 7.37. The van der Waals surface area contributed by atoms with E-state index in [4.69, 9.17) is 5.26 Å². The summed E-state index contributed by atoms with van der Waals surface area (Å²) in [6.07, 6.45) is 0.545. The van der Waals surface area contributed by atoms with Crippen LogP contribution in [0.4, 0.5) is 5.69 Å². The predicted molar refractivity (Wildman–Crippen MR) is 82.3 cm³/mol. The van der Waals surface area contributed by atoms with Crippen molar-refractivity contribution in [2.75, 3.05) is 18.0 Å². The lowest BCUT2D eigenvalue weighted by Gasteiger charge is -2.45. The molecule has 1 aliphatic rings. The SMILES string of the molecule is Cc1ccc(N2CC(C)(C)NCC2CC#N)c(Br)c1. The van der Waals surface area contributed by atoms with Crippen LogP contribution in [0.2, 0.25) is 0 Å². The van der Waals surface area contributed by atoms with E-state index in [0.29, 0.717) is 6.42 Å². The summed E-state index contributed by atoms with van der Waals surface area (Å²) in [6, 6.07) is 8.93. The molecule has 1 fully saturated rings. The molecule has 3 nitrogen and oxygen atoms in total. The third-order valence-corrected chi connectivity index (χ3v) is 4.20. The molecule has 4 heteroatoms. The van der Waals surface area contributed by atoms with Crippen LogP contribution in [0.25, 0.3) is 0 Å². The standard InChI is InChI=1S/C15H20BrN3/c1-11-4-5-14(13(16)8-11)19-10-15(2,3)18-9-12(19)6-7-17/h4-5,8,12,18H,6,9-10H2,1-3H3. The molecule has 0 bridgehead atoms. The van der Waals surface area contributed by atoms with Gasteiger partial charge in [0, 0.05) is 23.1 Å². The Balaban J connectivity index is 2.34. The molecule has 0 aromatic heterocycles. The second-order valence-corrected chi connectivity index (χ2v) is 6.72. The first-order valence-electron chi connectivity index (χ1n) is 6.58. The fraction of sp³-hybridized carbons (Fsp3) is 0.533. The van der Waals surface area contributed by atoms with Crippen molar-refractivity contribution in [3.8, 4) is 6.07 Å². The minimum atomic E-state index is 0.0658. The van der Waals surface area contributed by atoms with Gasteiger partial charge in [-0.25, -0.2) is 0 Å². The maximum absolute atomic E-state index is 9.01. The zero-order valence-corrected chi connectivity index (χ0v) is 13.3. The summed E-state index contributed by atoms with van der Waals surface area (Å²) in [6.45, 7) is 8.24. The Morgan fingerprint density at radius 3 is 2.89 bits per heavy atom. The van der Waals surface area contributed by atoms with Gasteiger partial charge >= 0.3 is 0 Å². The Morgan fingerprint density at radius 1 is 1.53 bits per heavy atom. The summed E-state index contributed by atoms with van der Waals surface area (Å²) in [7, 11) is 0. The van der Waals surface area contributed by atoms with Gasteiger partial charge in [-0.05, 0) is 54.4 Å². The number of nitrogens with one attached hydrogen (secondary N) is 1. The molecule has 0 saturated carbocycles. The van der Waals surface area contributed by atoms with Gasteiger partial charge in [-0.1, -0.05) is 6.07 Å². The molecule has 1 aliphatic heterocycles. The number of nitriles is 1. The van der Waals surface area contributed by atoms with E-state index in [-0.39, 0.29) is 11.6 Å². The molecule has 0 spiro atoms. The highest BCUT2D eigenvalue weighted by Crippen LogP contribution is 2.32. The molecule has 1 N–H and O–H groups in total. The van der Waals surface area contributed by atoms with Crippen LogP contribution in [-0.4, -0.2) is 24.7 Å². The van der Waals surface area contributed by atoms with Gasteiger partial charge in [0.05, 0.1) is 24.2 Å². The number of benzene rings is 1. The van der Waals surface area contributed by atoms with Crippen molar-refractivity contribution in [3.63, 3.8) is 0 Å². The van der Waals surface area contributed by atoms with Crippen molar-refractivity contribution in [2.24, 2.45) is 0 Å². The van der Waals surface area contributed by atoms with E-state index in [9.17, 15) is 0 Å². The van der Waals surface area contributed by atoms with Gasteiger partial charge in [0.1, 0.15) is 0 Å². The maximum Gasteiger partial charge on any atom is 0.0643 e. The van der Waals surface area contributed by atoms with E-state index in [1.165, 1.54) is 11.3 Å². The topological polar surface area (TPSA) is 39.1 Å². The highest BCUT2D eigenvalue weighted by atomic mass is 79.9. The Hall–Kier alpha value is -1.05. The van der Waals surface area contributed by atoms with Crippen LogP contribution in [0.3, 0.4) is 0 Å². The Morgan fingerprint density at radius 2 is 2.26 bits per heavy atom. The number of nitrogens with zero attached hydrogens (tertiary/aromatic N) is 2. The quantitative estimate of drug-likeness (QED) is 0.909. The molecule has 1 atom stereocenters. The minimum absolute atomic E-state index is 0.0658. The fourth-order valence-electron chi connectivity index (χ4n) is 2.53. The van der Waals surface area contributed by atoms with E-state index < -0.39 is 0 Å². The lowest BCUT2D eigenvalue weighted by Crippen LogP contribution is -2.61. The van der Waals surface area contributed by atoms with Crippen molar-refractivity contribution >= 4 is 21.6 Å². The van der Waals surface area contributed by atoms with Gasteiger partial charge < -0.3 is 10.2 Å². The zero-order valence-electron chi connectivity index (χ0n) is 11.7. The molecule has 0 radical (unpaired) electrons. The molecule has 1 aromatic rings. The van der Waals surface area contributed by atoms with Gasteiger partial charge in [-0.3, -0.25) is 0 Å². The summed E-state index contributed by atoms with van der Waals surface area (Å²) >= 11 is 3.65. The van der Waals surface area contributed by atoms with Gasteiger partial charge in [0.2, 0.25) is 0 Å². The van der Waals surface area contributed by atoms with Crippen LogP contribution >= 0.6 is 15.9 Å². The average Bonchev–Trinajstić information content (AvgIpc) is 2.32. The smallest absolute Gasteiger partial charge is 0.0643 e. The second kappa shape index (κ2) is 5.52. The molecule has 19 heavy (non-hydrogen) atoms. The second-order valence-electron chi connectivity index (χ2n) is 5.86. The van der Waals surface area contributed by atoms with E-state index >= 15 is 0 Å². The Kier molecular flexibility index (Phi) is 4.17. The monoisotopic (exact) mass is 321 g/mol. The van der Waals surface area contributed by atoms with Crippen LogP contribution in [0, 0.1) is 18.3 Å². The maximum atomic E-state index is 9.01. The summed E-state index contributed by atoms with van der Waals surface area (Å²) in [5.41, 5.74) is 2.48. The van der Waals surface area contributed by atoms with Gasteiger partial charge in [0.15, 0.2) is 0 Å². The van der Waals surface area contributed by atoms with Crippen molar-refractivity contribution in [1.29, 1.82) is 5.26 Å². The molecule has 1 heterocycles. The van der Waals surface area contributed by atoms with Gasteiger partial charge in [0.25, 0.3) is 0 Å². The van der Waals surface area contributed by atoms with Crippen LogP contribution in [0.5, 0.6) is 0 Å². The number of anilines is 1. The van der Waals surface area contributed by atoms with E-state index in [0.717, 1.165) is 17.6 Å². The number of rotatable bonds is 2. The molecular weight excluding hydrogens is 302 g/mol. The minimum Gasteiger partial charge on any atom is -0.363 e. The molecule has 102 valence electrons. The first kappa shape index (κ1) is 14.4. The highest BCUT2D eigenvalue weighted by molar-refractivity contribution is 9.10. The fourth-order valence-corrected chi connectivity index (χ4v) is 3.25. The molecule has 1 unspecified atom stereocenters. The van der Waals surface area contributed by atoms with E-state index in [2.05, 4.69) is 71.2 Å². The van der Waals surface area contributed by atoms with Gasteiger partial charge in [-0.2, -0.15) is 5.26 Å². The van der Waals surface area contributed by atoms with Gasteiger partial charge in [-0.15, -0.1) is 0 Å². The molecule has 1 saturated heterocycles. The van der Waals surface area contributed by atoms with Crippen molar-refractivity contribution in [2.45, 2.75) is 38.8 Å². The lowest BCUT2D eigenvalue weighted by atomic mass is 9.96. The van der Waals surface area contributed by atoms with E-state index in [1.54, 1.807) is 0 Å². The molecule has 0 amide bonds. The predicted octanol–water partition coefficient (Wildman–Crippen LogP) is 3.23. The largest absolute Gasteiger partial charge is 0.363 e. The average molecular weight is 322 g/mol. The molecule has 2 rings (SSSR count).